The monoisotopic (exact) mass is 476 g/mol. The third-order valence-corrected chi connectivity index (χ3v) is 9.72. The van der Waals surface area contributed by atoms with Gasteiger partial charge in [-0.1, -0.05) is 36.7 Å². The third kappa shape index (κ3) is 4.25. The topological polar surface area (TPSA) is 94.4 Å². The molecule has 1 atom stereocenters. The van der Waals surface area contributed by atoms with Gasteiger partial charge in [-0.2, -0.15) is 4.31 Å². The first-order chi connectivity index (χ1) is 15.5. The van der Waals surface area contributed by atoms with E-state index in [-0.39, 0.29) is 22.0 Å². The molecule has 1 aliphatic heterocycles. The number of sulfonamides is 1. The number of carbonyl (C=O) groups excluding carboxylic acids is 1. The van der Waals surface area contributed by atoms with E-state index in [1.165, 1.54) is 16.1 Å². The van der Waals surface area contributed by atoms with Crippen molar-refractivity contribution in [3.63, 3.8) is 0 Å². The van der Waals surface area contributed by atoms with E-state index in [0.29, 0.717) is 38.5 Å². The highest BCUT2D eigenvalue weighted by molar-refractivity contribution is 8.00. The minimum absolute atomic E-state index is 0.0553. The largest absolute Gasteiger partial charge is 0.379 e. The molecule has 2 aliphatic carbocycles. The van der Waals surface area contributed by atoms with Crippen LogP contribution in [0.2, 0.25) is 0 Å². The normalized spacial score (nSPS) is 23.2. The van der Waals surface area contributed by atoms with Crippen LogP contribution in [0.1, 0.15) is 51.0 Å². The Labute approximate surface area is 192 Å². The molecule has 2 aromatic rings. The van der Waals surface area contributed by atoms with Gasteiger partial charge in [0, 0.05) is 31.1 Å². The fourth-order valence-corrected chi connectivity index (χ4v) is 7.49. The number of ether oxygens (including phenoxy) is 1. The molecular weight excluding hydrogens is 448 g/mol. The quantitative estimate of drug-likeness (QED) is 0.631. The lowest BCUT2D eigenvalue weighted by Gasteiger charge is -2.26. The number of Topliss-reactive ketones (excluding diaryl/α,β-unsaturated/α-hetero) is 1. The summed E-state index contributed by atoms with van der Waals surface area (Å²) in [5, 5.41) is 9.67. The van der Waals surface area contributed by atoms with Gasteiger partial charge in [0.15, 0.2) is 11.0 Å². The Morgan fingerprint density at radius 1 is 1.03 bits per heavy atom. The number of hydrogen-bond acceptors (Lipinski definition) is 7. The van der Waals surface area contributed by atoms with E-state index in [1.54, 1.807) is 18.2 Å². The number of hydrogen-bond donors (Lipinski definition) is 0. The summed E-state index contributed by atoms with van der Waals surface area (Å²) in [4.78, 5) is 12.5. The van der Waals surface area contributed by atoms with E-state index >= 15 is 0 Å². The van der Waals surface area contributed by atoms with Crippen molar-refractivity contribution < 1.29 is 17.9 Å². The number of nitrogens with zero attached hydrogens (tertiary/aromatic N) is 4. The maximum Gasteiger partial charge on any atom is 0.243 e. The zero-order chi connectivity index (χ0) is 22.1. The van der Waals surface area contributed by atoms with Crippen LogP contribution in [-0.2, 0) is 19.6 Å². The van der Waals surface area contributed by atoms with Crippen molar-refractivity contribution >= 4 is 27.6 Å². The Kier molecular flexibility index (Phi) is 6.37. The smallest absolute Gasteiger partial charge is 0.243 e. The zero-order valence-corrected chi connectivity index (χ0v) is 19.6. The van der Waals surface area contributed by atoms with Gasteiger partial charge in [-0.25, -0.2) is 8.42 Å². The van der Waals surface area contributed by atoms with Crippen LogP contribution in [0.15, 0.2) is 34.3 Å². The Morgan fingerprint density at radius 3 is 2.53 bits per heavy atom. The zero-order valence-electron chi connectivity index (χ0n) is 18.0. The summed E-state index contributed by atoms with van der Waals surface area (Å²) in [6, 6.07) is 7.28. The van der Waals surface area contributed by atoms with Crippen molar-refractivity contribution in [1.82, 2.24) is 19.1 Å². The summed E-state index contributed by atoms with van der Waals surface area (Å²) < 4.78 is 35.3. The maximum atomic E-state index is 13.2. The Bertz CT molecular complexity index is 1090. The number of aromatic nitrogens is 3. The first-order valence-electron chi connectivity index (χ1n) is 11.4. The van der Waals surface area contributed by atoms with Crippen molar-refractivity contribution in [2.24, 2.45) is 0 Å². The molecule has 3 aliphatic rings. The molecule has 0 bridgehead atoms. The second kappa shape index (κ2) is 9.24. The van der Waals surface area contributed by atoms with E-state index in [1.807, 2.05) is 6.07 Å². The van der Waals surface area contributed by atoms with Crippen LogP contribution in [0.25, 0.3) is 11.4 Å². The fraction of sp³-hybridized carbons (Fsp3) is 0.591. The van der Waals surface area contributed by atoms with Gasteiger partial charge in [0.1, 0.15) is 5.78 Å². The Hall–Kier alpha value is -1.75. The molecule has 32 heavy (non-hydrogen) atoms. The minimum Gasteiger partial charge on any atom is -0.379 e. The predicted octanol–water partition coefficient (Wildman–Crippen LogP) is 3.29. The molecule has 2 saturated carbocycles. The number of benzene rings is 1. The highest BCUT2D eigenvalue weighted by Crippen LogP contribution is 2.40. The van der Waals surface area contributed by atoms with Gasteiger partial charge in [-0.15, -0.1) is 10.2 Å². The van der Waals surface area contributed by atoms with Crippen LogP contribution in [0.4, 0.5) is 0 Å². The molecule has 0 N–H and O–H groups in total. The second-order valence-electron chi connectivity index (χ2n) is 8.62. The Morgan fingerprint density at radius 2 is 1.81 bits per heavy atom. The van der Waals surface area contributed by atoms with E-state index in [4.69, 9.17) is 4.74 Å². The summed E-state index contributed by atoms with van der Waals surface area (Å²) >= 11 is 1.52. The van der Waals surface area contributed by atoms with Crippen LogP contribution >= 0.6 is 11.8 Å². The van der Waals surface area contributed by atoms with Gasteiger partial charge in [-0.05, 0) is 37.8 Å². The lowest BCUT2D eigenvalue weighted by Crippen LogP contribution is -2.40. The highest BCUT2D eigenvalue weighted by atomic mass is 32.2. The molecule has 0 unspecified atom stereocenters. The van der Waals surface area contributed by atoms with Crippen molar-refractivity contribution in [3.05, 3.63) is 24.3 Å². The van der Waals surface area contributed by atoms with E-state index < -0.39 is 10.0 Å². The molecule has 2 heterocycles. The highest BCUT2D eigenvalue weighted by Gasteiger charge is 2.32. The summed E-state index contributed by atoms with van der Waals surface area (Å²) in [5.41, 5.74) is 0.739. The molecule has 8 nitrogen and oxygen atoms in total. The van der Waals surface area contributed by atoms with Crippen LogP contribution in [0, 0.1) is 0 Å². The summed E-state index contributed by atoms with van der Waals surface area (Å²) in [7, 11) is -3.60. The molecule has 1 aromatic carbocycles. The number of ketones is 1. The van der Waals surface area contributed by atoms with Crippen LogP contribution < -0.4 is 0 Å². The van der Waals surface area contributed by atoms with E-state index in [0.717, 1.165) is 49.2 Å². The number of carbonyl (C=O) groups is 1. The first-order valence-corrected chi connectivity index (χ1v) is 13.7. The standard InChI is InChI=1S/C22H28N4O4S2/c27-19-9-4-10-20(19)31-22-24-23-21(26(22)17-6-1-2-7-17)16-5-3-8-18(15-16)32(28,29)25-11-13-30-14-12-25/h3,5,8,15,17,20H,1-2,4,6-7,9-14H2/t20-/m0/s1. The molecule has 1 aromatic heterocycles. The lowest BCUT2D eigenvalue weighted by molar-refractivity contribution is -0.116. The Balaban J connectivity index is 1.50. The van der Waals surface area contributed by atoms with Crippen LogP contribution in [0.5, 0.6) is 0 Å². The summed E-state index contributed by atoms with van der Waals surface area (Å²) in [6.45, 7) is 1.55. The van der Waals surface area contributed by atoms with Crippen LogP contribution in [-0.4, -0.2) is 64.8 Å². The molecule has 0 spiro atoms. The molecule has 172 valence electrons. The first kappa shape index (κ1) is 22.1. The molecule has 5 rings (SSSR count). The lowest BCUT2D eigenvalue weighted by atomic mass is 10.2. The van der Waals surface area contributed by atoms with Crippen molar-refractivity contribution in [2.75, 3.05) is 26.3 Å². The van der Waals surface area contributed by atoms with Gasteiger partial charge in [0.25, 0.3) is 0 Å². The predicted molar refractivity (Wildman–Crippen MR) is 121 cm³/mol. The van der Waals surface area contributed by atoms with Gasteiger partial charge >= 0.3 is 0 Å². The molecule has 0 amide bonds. The maximum absolute atomic E-state index is 13.2. The molecule has 0 radical (unpaired) electrons. The number of thioether (sulfide) groups is 1. The number of rotatable bonds is 6. The SMILES string of the molecule is O=C1CCC[C@@H]1Sc1nnc(-c2cccc(S(=O)(=O)N3CCOCC3)c2)n1C1CCCC1. The summed E-state index contributed by atoms with van der Waals surface area (Å²) in [6.07, 6.45) is 6.85. The summed E-state index contributed by atoms with van der Waals surface area (Å²) in [5.74, 6) is 0.972. The van der Waals surface area contributed by atoms with Crippen molar-refractivity contribution in [2.45, 2.75) is 66.3 Å². The molecule has 10 heteroatoms. The average Bonchev–Trinajstić information content (AvgIpc) is 3.57. The van der Waals surface area contributed by atoms with Gasteiger partial charge < -0.3 is 4.74 Å². The van der Waals surface area contributed by atoms with Crippen LogP contribution in [0.3, 0.4) is 0 Å². The number of morpholine rings is 1. The average molecular weight is 477 g/mol. The molecule has 3 fully saturated rings. The fourth-order valence-electron chi connectivity index (χ4n) is 4.81. The van der Waals surface area contributed by atoms with Crippen molar-refractivity contribution in [1.29, 1.82) is 0 Å². The minimum atomic E-state index is -3.60. The van der Waals surface area contributed by atoms with Crippen molar-refractivity contribution in [3.8, 4) is 11.4 Å². The second-order valence-corrected chi connectivity index (χ2v) is 11.7. The van der Waals surface area contributed by atoms with Gasteiger partial charge in [0.2, 0.25) is 10.0 Å². The van der Waals surface area contributed by atoms with Gasteiger partial charge in [0.05, 0.1) is 23.4 Å². The third-order valence-electron chi connectivity index (χ3n) is 6.55. The molecular formula is C22H28N4O4S2. The van der Waals surface area contributed by atoms with E-state index in [9.17, 15) is 13.2 Å². The molecule has 1 saturated heterocycles. The van der Waals surface area contributed by atoms with E-state index in [2.05, 4.69) is 14.8 Å². The van der Waals surface area contributed by atoms with Gasteiger partial charge in [-0.3, -0.25) is 9.36 Å².